The number of likely N-dealkylation sites (tertiary alicyclic amines) is 1. The average molecular weight is 306 g/mol. The number of phenols is 1. The Morgan fingerprint density at radius 2 is 2.00 bits per heavy atom. The van der Waals surface area contributed by atoms with Gasteiger partial charge >= 0.3 is 5.97 Å². The number of carbonyl (C=O) groups excluding carboxylic acids is 3. The number of hydrogen-bond acceptors (Lipinski definition) is 5. The zero-order valence-corrected chi connectivity index (χ0v) is 12.5. The van der Waals surface area contributed by atoms with Crippen molar-refractivity contribution in [2.75, 3.05) is 20.7 Å². The summed E-state index contributed by atoms with van der Waals surface area (Å²) in [6, 6.07) is 3.72. The van der Waals surface area contributed by atoms with E-state index in [0.29, 0.717) is 19.4 Å². The summed E-state index contributed by atoms with van der Waals surface area (Å²) in [7, 11) is 2.91. The van der Waals surface area contributed by atoms with E-state index in [1.807, 2.05) is 0 Å². The zero-order valence-electron chi connectivity index (χ0n) is 12.5. The highest BCUT2D eigenvalue weighted by Gasteiger charge is 2.24. The molecule has 7 nitrogen and oxygen atoms in total. The Morgan fingerprint density at radius 3 is 2.64 bits per heavy atom. The largest absolute Gasteiger partial charge is 0.508 e. The molecule has 7 heteroatoms. The predicted molar refractivity (Wildman–Crippen MR) is 77.6 cm³/mol. The topological polar surface area (TPSA) is 95.9 Å². The van der Waals surface area contributed by atoms with Crippen LogP contribution in [0.1, 0.15) is 33.6 Å². The molecule has 22 heavy (non-hydrogen) atoms. The third-order valence-electron chi connectivity index (χ3n) is 3.56. The quantitative estimate of drug-likeness (QED) is 0.794. The highest BCUT2D eigenvalue weighted by molar-refractivity contribution is 5.98. The molecule has 118 valence electrons. The fourth-order valence-electron chi connectivity index (χ4n) is 2.38. The molecule has 1 aliphatic heterocycles. The van der Waals surface area contributed by atoms with Crippen molar-refractivity contribution in [1.29, 1.82) is 0 Å². The number of nitrogens with one attached hydrogen (secondary N) is 1. The van der Waals surface area contributed by atoms with E-state index in [1.165, 1.54) is 25.3 Å². The Balaban J connectivity index is 2.11. The van der Waals surface area contributed by atoms with Crippen molar-refractivity contribution < 1.29 is 24.2 Å². The Morgan fingerprint density at radius 1 is 1.32 bits per heavy atom. The second-order valence-corrected chi connectivity index (χ2v) is 5.24. The maximum atomic E-state index is 12.2. The van der Waals surface area contributed by atoms with Crippen molar-refractivity contribution in [3.8, 4) is 5.75 Å². The molecule has 0 unspecified atom stereocenters. The van der Waals surface area contributed by atoms with Gasteiger partial charge in [0.05, 0.1) is 12.7 Å². The van der Waals surface area contributed by atoms with Gasteiger partial charge in [-0.1, -0.05) is 0 Å². The normalized spacial score (nSPS) is 18.0. The van der Waals surface area contributed by atoms with E-state index in [0.717, 1.165) is 0 Å². The number of ether oxygens (including phenoxy) is 1. The molecule has 0 aromatic heterocycles. The summed E-state index contributed by atoms with van der Waals surface area (Å²) in [5.74, 6) is -1.18. The smallest absolute Gasteiger partial charge is 0.338 e. The number of hydrogen-bond donors (Lipinski definition) is 2. The molecule has 1 aromatic rings. The molecule has 2 rings (SSSR count). The minimum absolute atomic E-state index is 0.0517. The van der Waals surface area contributed by atoms with Gasteiger partial charge in [-0.05, 0) is 24.6 Å². The average Bonchev–Trinajstić information content (AvgIpc) is 2.49. The van der Waals surface area contributed by atoms with Crippen LogP contribution in [0.2, 0.25) is 0 Å². The van der Waals surface area contributed by atoms with Gasteiger partial charge in [-0.25, -0.2) is 4.79 Å². The number of likely N-dealkylation sites (N-methyl/N-ethyl adjacent to an activating group) is 1. The van der Waals surface area contributed by atoms with Gasteiger partial charge < -0.3 is 20.1 Å². The van der Waals surface area contributed by atoms with Crippen LogP contribution >= 0.6 is 0 Å². The number of methoxy groups -OCH3 is 1. The number of rotatable bonds is 3. The van der Waals surface area contributed by atoms with Crippen molar-refractivity contribution in [3.63, 3.8) is 0 Å². The van der Waals surface area contributed by atoms with Gasteiger partial charge in [0.2, 0.25) is 5.91 Å². The van der Waals surface area contributed by atoms with Crippen LogP contribution in [-0.4, -0.2) is 54.5 Å². The van der Waals surface area contributed by atoms with E-state index in [-0.39, 0.29) is 28.8 Å². The minimum atomic E-state index is -0.632. The molecule has 1 fully saturated rings. The van der Waals surface area contributed by atoms with Crippen LogP contribution in [-0.2, 0) is 9.53 Å². The summed E-state index contributed by atoms with van der Waals surface area (Å²) in [5.41, 5.74) is 0.267. The van der Waals surface area contributed by atoms with Gasteiger partial charge in [0, 0.05) is 31.6 Å². The van der Waals surface area contributed by atoms with Gasteiger partial charge in [0.1, 0.15) is 5.75 Å². The van der Waals surface area contributed by atoms with Crippen LogP contribution in [0.25, 0.3) is 0 Å². The zero-order chi connectivity index (χ0) is 16.3. The lowest BCUT2D eigenvalue weighted by Crippen LogP contribution is -2.48. The summed E-state index contributed by atoms with van der Waals surface area (Å²) >= 11 is 0. The van der Waals surface area contributed by atoms with Crippen molar-refractivity contribution in [1.82, 2.24) is 10.2 Å². The first-order valence-corrected chi connectivity index (χ1v) is 6.88. The van der Waals surface area contributed by atoms with Crippen LogP contribution < -0.4 is 5.32 Å². The van der Waals surface area contributed by atoms with Gasteiger partial charge in [-0.2, -0.15) is 0 Å². The number of benzene rings is 1. The standard InChI is InChI=1S/C15H18N2O5/c1-17-8-11(3-4-13(17)19)16-14(20)9-5-10(15(21)22-2)7-12(18)6-9/h5-7,11,18H,3-4,8H2,1-2H3,(H,16,20)/t11-/m1/s1. The van der Waals surface area contributed by atoms with Crippen LogP contribution in [0.5, 0.6) is 5.75 Å². The molecule has 0 bridgehead atoms. The van der Waals surface area contributed by atoms with E-state index < -0.39 is 11.9 Å². The first-order valence-electron chi connectivity index (χ1n) is 6.88. The van der Waals surface area contributed by atoms with Gasteiger partial charge in [0.15, 0.2) is 0 Å². The van der Waals surface area contributed by atoms with Gasteiger partial charge in [-0.15, -0.1) is 0 Å². The number of amides is 2. The monoisotopic (exact) mass is 306 g/mol. The van der Waals surface area contributed by atoms with E-state index in [2.05, 4.69) is 10.1 Å². The number of phenolic OH excluding ortho intramolecular Hbond substituents is 1. The van der Waals surface area contributed by atoms with Crippen molar-refractivity contribution in [2.45, 2.75) is 18.9 Å². The molecule has 0 aliphatic carbocycles. The summed E-state index contributed by atoms with van der Waals surface area (Å²) < 4.78 is 4.58. The minimum Gasteiger partial charge on any atom is -0.508 e. The number of piperidine rings is 1. The summed E-state index contributed by atoms with van der Waals surface area (Å²) in [6.45, 7) is 0.438. The van der Waals surface area contributed by atoms with E-state index in [4.69, 9.17) is 0 Å². The lowest BCUT2D eigenvalue weighted by molar-refractivity contribution is -0.132. The van der Waals surface area contributed by atoms with Crippen molar-refractivity contribution >= 4 is 17.8 Å². The fraction of sp³-hybridized carbons (Fsp3) is 0.400. The second-order valence-electron chi connectivity index (χ2n) is 5.24. The third kappa shape index (κ3) is 3.55. The molecule has 0 spiro atoms. The van der Waals surface area contributed by atoms with E-state index in [1.54, 1.807) is 11.9 Å². The number of esters is 1. The van der Waals surface area contributed by atoms with E-state index >= 15 is 0 Å². The molecule has 0 radical (unpaired) electrons. The van der Waals surface area contributed by atoms with E-state index in [9.17, 15) is 19.5 Å². The highest BCUT2D eigenvalue weighted by Crippen LogP contribution is 2.17. The lowest BCUT2D eigenvalue weighted by atomic mass is 10.0. The van der Waals surface area contributed by atoms with Crippen LogP contribution in [0, 0.1) is 0 Å². The molecular weight excluding hydrogens is 288 g/mol. The van der Waals surface area contributed by atoms with Gasteiger partial charge in [0.25, 0.3) is 5.91 Å². The molecule has 1 aromatic carbocycles. The number of carbonyl (C=O) groups is 3. The molecule has 1 aliphatic rings. The molecule has 1 heterocycles. The molecule has 2 amide bonds. The fourth-order valence-corrected chi connectivity index (χ4v) is 2.38. The Labute approximate surface area is 127 Å². The predicted octanol–water partition coefficient (Wildman–Crippen LogP) is 0.529. The first-order chi connectivity index (χ1) is 10.4. The number of nitrogens with zero attached hydrogens (tertiary/aromatic N) is 1. The Bertz CT molecular complexity index is 614. The highest BCUT2D eigenvalue weighted by atomic mass is 16.5. The van der Waals surface area contributed by atoms with Crippen LogP contribution in [0.4, 0.5) is 0 Å². The second kappa shape index (κ2) is 6.46. The Kier molecular flexibility index (Phi) is 4.65. The van der Waals surface area contributed by atoms with Gasteiger partial charge in [-0.3, -0.25) is 9.59 Å². The molecular formula is C15H18N2O5. The Hall–Kier alpha value is -2.57. The SMILES string of the molecule is COC(=O)c1cc(O)cc(C(=O)N[C@@H]2CCC(=O)N(C)C2)c1. The van der Waals surface area contributed by atoms with Crippen LogP contribution in [0.15, 0.2) is 18.2 Å². The van der Waals surface area contributed by atoms with Crippen molar-refractivity contribution in [3.05, 3.63) is 29.3 Å². The maximum absolute atomic E-state index is 12.2. The first kappa shape index (κ1) is 15.8. The van der Waals surface area contributed by atoms with Crippen LogP contribution in [0.3, 0.4) is 0 Å². The third-order valence-corrected chi connectivity index (χ3v) is 3.56. The molecule has 2 N–H and O–H groups in total. The maximum Gasteiger partial charge on any atom is 0.338 e. The summed E-state index contributed by atoms with van der Waals surface area (Å²) in [4.78, 5) is 36.7. The molecule has 0 saturated carbocycles. The molecule has 1 atom stereocenters. The summed E-state index contributed by atoms with van der Waals surface area (Å²) in [5, 5.41) is 12.4. The van der Waals surface area contributed by atoms with Crippen molar-refractivity contribution in [2.24, 2.45) is 0 Å². The lowest BCUT2D eigenvalue weighted by Gasteiger charge is -2.30. The molecule has 1 saturated heterocycles. The number of aromatic hydroxyl groups is 1. The summed E-state index contributed by atoms with van der Waals surface area (Å²) in [6.07, 6.45) is 0.951.